The molecule has 0 aromatic carbocycles. The van der Waals surface area contributed by atoms with Gasteiger partial charge in [0.1, 0.15) is 5.69 Å². The van der Waals surface area contributed by atoms with E-state index in [1.165, 1.54) is 17.5 Å². The maximum atomic E-state index is 12.7. The van der Waals surface area contributed by atoms with Crippen molar-refractivity contribution in [3.05, 3.63) is 50.9 Å². The lowest BCUT2D eigenvalue weighted by atomic mass is 10.0. The first-order valence-corrected chi connectivity index (χ1v) is 12.0. The topological polar surface area (TPSA) is 22.6 Å². The minimum atomic E-state index is -4.38. The van der Waals surface area contributed by atoms with Gasteiger partial charge in [0.25, 0.3) is 0 Å². The molecule has 0 amide bonds. The highest BCUT2D eigenvalue weighted by Crippen LogP contribution is 2.28. The Morgan fingerprint density at radius 1 is 0.938 bits per heavy atom. The lowest BCUT2D eigenvalue weighted by Gasteiger charge is -2.38. The highest BCUT2D eigenvalue weighted by Gasteiger charge is 2.32. The Bertz CT molecular complexity index is 838. The van der Waals surface area contributed by atoms with Gasteiger partial charge in [0.15, 0.2) is 0 Å². The van der Waals surface area contributed by atoms with Gasteiger partial charge in [0.05, 0.1) is 4.34 Å². The van der Waals surface area contributed by atoms with Crippen molar-refractivity contribution in [3.8, 4) is 0 Å². The highest BCUT2D eigenvalue weighted by atomic mass is 35.5. The van der Waals surface area contributed by atoms with Gasteiger partial charge in [-0.1, -0.05) is 17.7 Å². The third kappa shape index (κ3) is 7.05. The van der Waals surface area contributed by atoms with E-state index in [0.29, 0.717) is 12.6 Å². The van der Waals surface area contributed by atoms with E-state index in [-0.39, 0.29) is 12.4 Å². The van der Waals surface area contributed by atoms with Crippen LogP contribution < -0.4 is 0 Å². The van der Waals surface area contributed by atoms with Crippen LogP contribution in [0.25, 0.3) is 0 Å². The number of thiophene rings is 1. The smallest absolute Gasteiger partial charge is 0.299 e. The summed E-state index contributed by atoms with van der Waals surface area (Å²) in [4.78, 5) is 12.4. The molecule has 2 fully saturated rings. The number of halogens is 5. The summed E-state index contributed by atoms with van der Waals surface area (Å²) in [7, 11) is 0. The number of hydrogen-bond donors (Lipinski definition) is 0. The summed E-state index contributed by atoms with van der Waals surface area (Å²) >= 11 is 7.73. The summed E-state index contributed by atoms with van der Waals surface area (Å²) in [5, 5.41) is 0. The fourth-order valence-corrected chi connectivity index (χ4v) is 5.69. The summed E-state index contributed by atoms with van der Waals surface area (Å²) < 4.78 is 38.9. The SMILES string of the molecule is Cl.FC(F)(F)c1ccc(CN2CCC(N3CCCN(Cc4ccc(Cl)s4)CC3)CC2)cn1. The zero-order chi connectivity index (χ0) is 21.8. The minimum Gasteiger partial charge on any atom is -0.299 e. The molecule has 10 heteroatoms. The van der Waals surface area contributed by atoms with Crippen molar-refractivity contribution >= 4 is 35.3 Å². The minimum absolute atomic E-state index is 0. The molecule has 0 aliphatic carbocycles. The Labute approximate surface area is 202 Å². The molecule has 0 unspecified atom stereocenters. The molecule has 4 nitrogen and oxygen atoms in total. The number of nitrogens with zero attached hydrogens (tertiary/aromatic N) is 4. The maximum Gasteiger partial charge on any atom is 0.433 e. The predicted octanol–water partition coefficient (Wildman–Crippen LogP) is 5.41. The number of rotatable bonds is 5. The second-order valence-electron chi connectivity index (χ2n) is 8.43. The summed E-state index contributed by atoms with van der Waals surface area (Å²) in [6.45, 7) is 8.00. The first-order chi connectivity index (χ1) is 14.9. The standard InChI is InChI=1S/C22H28ClF3N4S.ClH/c23-21-5-3-19(31-21)16-28-8-1-9-30(13-12-28)18-6-10-29(11-7-18)15-17-2-4-20(27-14-17)22(24,25)26;/h2-5,14,18H,1,6-13,15-16H2;1H. The van der Waals surface area contributed by atoms with E-state index in [2.05, 4.69) is 25.8 Å². The van der Waals surface area contributed by atoms with Gasteiger partial charge in [0, 0.05) is 43.3 Å². The third-order valence-electron chi connectivity index (χ3n) is 6.23. The van der Waals surface area contributed by atoms with Crippen molar-refractivity contribution in [1.29, 1.82) is 0 Å². The first-order valence-electron chi connectivity index (χ1n) is 10.8. The van der Waals surface area contributed by atoms with Gasteiger partial charge in [-0.05, 0) is 69.2 Å². The summed E-state index contributed by atoms with van der Waals surface area (Å²) in [5.41, 5.74) is 0.0119. The van der Waals surface area contributed by atoms with Crippen LogP contribution >= 0.6 is 35.3 Å². The Balaban J connectivity index is 0.00000289. The molecule has 178 valence electrons. The molecule has 0 spiro atoms. The molecule has 0 radical (unpaired) electrons. The van der Waals surface area contributed by atoms with Crippen LogP contribution in [0.15, 0.2) is 30.5 Å². The van der Waals surface area contributed by atoms with Crippen LogP contribution in [-0.4, -0.2) is 65.0 Å². The van der Waals surface area contributed by atoms with Gasteiger partial charge in [-0.3, -0.25) is 19.7 Å². The number of aromatic nitrogens is 1. The van der Waals surface area contributed by atoms with Crippen molar-refractivity contribution in [1.82, 2.24) is 19.7 Å². The zero-order valence-electron chi connectivity index (χ0n) is 17.9. The number of likely N-dealkylation sites (tertiary alicyclic amines) is 1. The second-order valence-corrected chi connectivity index (χ2v) is 10.2. The van der Waals surface area contributed by atoms with E-state index in [0.717, 1.165) is 74.6 Å². The fourth-order valence-electron chi connectivity index (χ4n) is 4.56. The van der Waals surface area contributed by atoms with Crippen LogP contribution in [0.5, 0.6) is 0 Å². The van der Waals surface area contributed by atoms with Crippen LogP contribution in [0.3, 0.4) is 0 Å². The van der Waals surface area contributed by atoms with E-state index in [1.807, 2.05) is 6.07 Å². The van der Waals surface area contributed by atoms with Gasteiger partial charge in [-0.2, -0.15) is 13.2 Å². The van der Waals surface area contributed by atoms with Gasteiger partial charge in [-0.15, -0.1) is 23.7 Å². The summed E-state index contributed by atoms with van der Waals surface area (Å²) in [5.74, 6) is 0. The normalized spacial score (nSPS) is 20.1. The van der Waals surface area contributed by atoms with E-state index in [1.54, 1.807) is 17.4 Å². The number of piperidine rings is 1. The molecular formula is C22H29Cl2F3N4S. The Morgan fingerprint density at radius 3 is 2.31 bits per heavy atom. The molecule has 2 aliphatic rings. The quantitative estimate of drug-likeness (QED) is 0.538. The lowest BCUT2D eigenvalue weighted by Crippen LogP contribution is -2.45. The molecule has 4 rings (SSSR count). The highest BCUT2D eigenvalue weighted by molar-refractivity contribution is 7.16. The Hall–Kier alpha value is -0.900. The number of pyridine rings is 1. The van der Waals surface area contributed by atoms with Crippen molar-refractivity contribution in [2.75, 3.05) is 39.3 Å². The van der Waals surface area contributed by atoms with Crippen molar-refractivity contribution in [2.45, 2.75) is 44.6 Å². The van der Waals surface area contributed by atoms with Crippen molar-refractivity contribution in [2.24, 2.45) is 0 Å². The first kappa shape index (κ1) is 25.7. The van der Waals surface area contributed by atoms with E-state index >= 15 is 0 Å². The molecule has 0 atom stereocenters. The van der Waals surface area contributed by atoms with E-state index < -0.39 is 11.9 Å². The molecule has 2 aliphatic heterocycles. The average Bonchev–Trinajstić information content (AvgIpc) is 3.01. The van der Waals surface area contributed by atoms with Gasteiger partial charge in [-0.25, -0.2) is 0 Å². The maximum absolute atomic E-state index is 12.7. The van der Waals surface area contributed by atoms with Crippen LogP contribution in [0.1, 0.15) is 35.4 Å². The monoisotopic (exact) mass is 508 g/mol. The summed E-state index contributed by atoms with van der Waals surface area (Å²) in [6, 6.07) is 7.32. The molecule has 4 heterocycles. The Morgan fingerprint density at radius 2 is 1.69 bits per heavy atom. The van der Waals surface area contributed by atoms with Gasteiger partial charge < -0.3 is 0 Å². The molecular weight excluding hydrogens is 480 g/mol. The van der Waals surface area contributed by atoms with E-state index in [9.17, 15) is 13.2 Å². The lowest BCUT2D eigenvalue weighted by molar-refractivity contribution is -0.141. The average molecular weight is 509 g/mol. The van der Waals surface area contributed by atoms with Crippen molar-refractivity contribution < 1.29 is 13.2 Å². The van der Waals surface area contributed by atoms with Crippen LogP contribution in [-0.2, 0) is 19.3 Å². The van der Waals surface area contributed by atoms with Crippen molar-refractivity contribution in [3.63, 3.8) is 0 Å². The summed E-state index contributed by atoms with van der Waals surface area (Å²) in [6.07, 6.45) is 0.370. The predicted molar refractivity (Wildman–Crippen MR) is 126 cm³/mol. The zero-order valence-corrected chi connectivity index (χ0v) is 20.2. The third-order valence-corrected chi connectivity index (χ3v) is 7.44. The van der Waals surface area contributed by atoms with Crippen LogP contribution in [0.2, 0.25) is 4.34 Å². The fraction of sp³-hybridized carbons (Fsp3) is 0.591. The molecule has 0 N–H and O–H groups in total. The Kier molecular flexibility index (Phi) is 9.23. The second kappa shape index (κ2) is 11.5. The molecule has 32 heavy (non-hydrogen) atoms. The molecule has 2 aromatic heterocycles. The molecule has 0 saturated carbocycles. The van der Waals surface area contributed by atoms with E-state index in [4.69, 9.17) is 11.6 Å². The van der Waals surface area contributed by atoms with Crippen LogP contribution in [0, 0.1) is 0 Å². The number of hydrogen-bond acceptors (Lipinski definition) is 5. The van der Waals surface area contributed by atoms with Gasteiger partial charge in [0.2, 0.25) is 0 Å². The molecule has 2 saturated heterocycles. The largest absolute Gasteiger partial charge is 0.433 e. The van der Waals surface area contributed by atoms with Crippen LogP contribution in [0.4, 0.5) is 13.2 Å². The van der Waals surface area contributed by atoms with Gasteiger partial charge >= 0.3 is 6.18 Å². The molecule has 0 bridgehead atoms. The number of alkyl halides is 3. The molecule has 2 aromatic rings.